The standard InChI is InChI=1S/C29H33N3O3S.C29H34N2O5S/c1-30-20-4-5-23-24(16-20)36-27(31-23)29(33)12-8-21(9-13-29)34-17-22-25(32-35-26(22)19-2-3-19)18-6-10-28(11-7-18)14-15-28;32-26(33)19-3-4-22-23(15-19)37-27(30-22)29(34)11-7-20(8-12-29)35-16-21-24(31-36-25(21)18-1-2-18)17-5-9-28(10-6-17)13-14-28/h4-5,16,18-19,21,33H,2-3,6-15,17H2;3-4,15,17-18,20,34H,1-2,5-14,16H2,(H,32,33). The summed E-state index contributed by atoms with van der Waals surface area (Å²) in [7, 11) is 0. The minimum Gasteiger partial charge on any atom is -0.478 e. The molecule has 8 fully saturated rings. The Labute approximate surface area is 434 Å². The number of ether oxygens (including phenoxy) is 2. The highest BCUT2D eigenvalue weighted by atomic mass is 32.1. The van der Waals surface area contributed by atoms with Gasteiger partial charge >= 0.3 is 5.97 Å². The van der Waals surface area contributed by atoms with Crippen LogP contribution < -0.4 is 0 Å². The van der Waals surface area contributed by atoms with Crippen molar-refractivity contribution in [3.63, 3.8) is 0 Å². The van der Waals surface area contributed by atoms with Gasteiger partial charge < -0.3 is 33.8 Å². The van der Waals surface area contributed by atoms with Crippen LogP contribution in [0.3, 0.4) is 0 Å². The highest BCUT2D eigenvalue weighted by Crippen LogP contribution is 2.60. The first-order chi connectivity index (χ1) is 35.5. The van der Waals surface area contributed by atoms with Gasteiger partial charge in [-0.3, -0.25) is 0 Å². The molecule has 4 aromatic heterocycles. The normalized spacial score (nSPS) is 28.5. The fourth-order valence-electron chi connectivity index (χ4n) is 13.0. The van der Waals surface area contributed by atoms with Crippen LogP contribution in [0.15, 0.2) is 45.4 Å². The summed E-state index contributed by atoms with van der Waals surface area (Å²) in [5.74, 6) is 3.24. The Balaban J connectivity index is 0.000000141. The van der Waals surface area contributed by atoms with E-state index in [0.717, 1.165) is 68.3 Å². The zero-order chi connectivity index (χ0) is 49.5. The average Bonchev–Trinajstić information content (AvgIpc) is 4.38. The second-order valence-corrected chi connectivity index (χ2v) is 25.9. The van der Waals surface area contributed by atoms with E-state index in [1.165, 1.54) is 142 Å². The molecule has 2 spiro atoms. The molecule has 384 valence electrons. The van der Waals surface area contributed by atoms with Crippen LogP contribution in [-0.2, 0) is 33.9 Å². The zero-order valence-electron chi connectivity index (χ0n) is 41.7. The van der Waals surface area contributed by atoms with Crippen molar-refractivity contribution >= 4 is 54.8 Å². The van der Waals surface area contributed by atoms with Crippen molar-refractivity contribution in [3.05, 3.63) is 97.4 Å². The van der Waals surface area contributed by atoms with Gasteiger partial charge in [0.15, 0.2) is 5.69 Å². The Morgan fingerprint density at radius 2 is 1.03 bits per heavy atom. The molecule has 8 saturated carbocycles. The van der Waals surface area contributed by atoms with E-state index in [4.69, 9.17) is 30.1 Å². The summed E-state index contributed by atoms with van der Waals surface area (Å²) < 4.78 is 26.5. The summed E-state index contributed by atoms with van der Waals surface area (Å²) in [6.45, 7) is 8.37. The zero-order valence-corrected chi connectivity index (χ0v) is 43.4. The molecule has 6 aromatic rings. The first-order valence-electron chi connectivity index (χ1n) is 27.5. The molecule has 0 unspecified atom stereocenters. The lowest BCUT2D eigenvalue weighted by Crippen LogP contribution is -2.34. The fourth-order valence-corrected chi connectivity index (χ4v) is 15.3. The van der Waals surface area contributed by atoms with Gasteiger partial charge in [0.2, 0.25) is 0 Å². The maximum absolute atomic E-state index is 11.4. The number of benzene rings is 2. The molecule has 15 heteroatoms. The Morgan fingerprint density at radius 3 is 1.44 bits per heavy atom. The number of carboxylic acids is 1. The van der Waals surface area contributed by atoms with E-state index in [1.54, 1.807) is 24.3 Å². The molecule has 3 N–H and O–H groups in total. The van der Waals surface area contributed by atoms with Crippen LogP contribution in [0.2, 0.25) is 0 Å². The smallest absolute Gasteiger partial charge is 0.335 e. The van der Waals surface area contributed by atoms with E-state index in [2.05, 4.69) is 20.1 Å². The lowest BCUT2D eigenvalue weighted by Gasteiger charge is -2.34. The third-order valence-corrected chi connectivity index (χ3v) is 21.2. The van der Waals surface area contributed by atoms with E-state index in [-0.39, 0.29) is 17.8 Å². The van der Waals surface area contributed by atoms with Gasteiger partial charge in [0.25, 0.3) is 0 Å². The van der Waals surface area contributed by atoms with Gasteiger partial charge in [-0.15, -0.1) is 22.7 Å². The van der Waals surface area contributed by atoms with E-state index >= 15 is 0 Å². The number of thiazole rings is 2. The lowest BCUT2D eigenvalue weighted by atomic mass is 9.77. The highest BCUT2D eigenvalue weighted by Gasteiger charge is 2.48. The van der Waals surface area contributed by atoms with Crippen molar-refractivity contribution in [2.24, 2.45) is 10.8 Å². The summed E-state index contributed by atoms with van der Waals surface area (Å²) in [4.78, 5) is 24.2. The molecular weight excluding hydrogens is 959 g/mol. The van der Waals surface area contributed by atoms with Crippen LogP contribution in [-0.4, -0.2) is 53.8 Å². The Kier molecular flexibility index (Phi) is 12.5. The van der Waals surface area contributed by atoms with E-state index in [9.17, 15) is 20.1 Å². The van der Waals surface area contributed by atoms with Gasteiger partial charge in [-0.05, 0) is 195 Å². The molecular formula is C58H67N5O8S2. The number of nitrogens with zero attached hydrogens (tertiary/aromatic N) is 5. The van der Waals surface area contributed by atoms with E-state index in [0.29, 0.717) is 84.1 Å². The molecule has 13 nitrogen and oxygen atoms in total. The van der Waals surface area contributed by atoms with E-state index in [1.807, 2.05) is 12.1 Å². The maximum atomic E-state index is 11.4. The van der Waals surface area contributed by atoms with Crippen molar-refractivity contribution < 1.29 is 38.6 Å². The number of aliphatic hydroxyl groups is 2. The molecule has 73 heavy (non-hydrogen) atoms. The number of hydrogen-bond acceptors (Lipinski definition) is 13. The van der Waals surface area contributed by atoms with Crippen LogP contribution >= 0.6 is 22.7 Å². The molecule has 0 aliphatic heterocycles. The predicted molar refractivity (Wildman–Crippen MR) is 277 cm³/mol. The minimum absolute atomic E-state index is 0.0872. The Bertz CT molecular complexity index is 3040. The molecule has 0 atom stereocenters. The van der Waals surface area contributed by atoms with Crippen molar-refractivity contribution in [2.75, 3.05) is 0 Å². The Hall–Kier alpha value is -4.56. The summed E-state index contributed by atoms with van der Waals surface area (Å²) in [5, 5.41) is 42.8. The highest BCUT2D eigenvalue weighted by molar-refractivity contribution is 7.19. The van der Waals surface area contributed by atoms with Gasteiger partial charge in [0, 0.05) is 39.5 Å². The van der Waals surface area contributed by atoms with Crippen molar-refractivity contribution in [1.82, 2.24) is 20.3 Å². The number of carbonyl (C=O) groups is 1. The number of fused-ring (bicyclic) bond motifs is 2. The number of rotatable bonds is 13. The third-order valence-electron chi connectivity index (χ3n) is 18.8. The lowest BCUT2D eigenvalue weighted by molar-refractivity contribution is -0.0643. The molecule has 8 aliphatic carbocycles. The van der Waals surface area contributed by atoms with Crippen molar-refractivity contribution in [3.8, 4) is 0 Å². The van der Waals surface area contributed by atoms with Gasteiger partial charge in [0.05, 0.1) is 64.7 Å². The first kappa shape index (κ1) is 48.1. The van der Waals surface area contributed by atoms with Gasteiger partial charge in [-0.25, -0.2) is 19.6 Å². The third kappa shape index (κ3) is 9.83. The largest absolute Gasteiger partial charge is 0.478 e. The van der Waals surface area contributed by atoms with Crippen LogP contribution in [0.1, 0.15) is 232 Å². The summed E-state index contributed by atoms with van der Waals surface area (Å²) in [6, 6.07) is 10.5. The summed E-state index contributed by atoms with van der Waals surface area (Å²) in [6.07, 6.45) is 26.5. The summed E-state index contributed by atoms with van der Waals surface area (Å²) in [5.41, 5.74) is 6.65. The number of carboxylic acid groups (broad SMARTS) is 1. The first-order valence-corrected chi connectivity index (χ1v) is 29.2. The van der Waals surface area contributed by atoms with Gasteiger partial charge in [-0.2, -0.15) is 0 Å². The SMILES string of the molecule is O=C(O)c1ccc2nc(C3(O)CCC(OCc4c(C5CCC6(CC5)CC6)noc4C4CC4)CC3)sc2c1.[C-]#[N+]c1ccc2nc(C3(O)CCC(OCc4c(C5CCC6(CC5)CC6)noc4C4CC4)CC3)sc2c1. The molecule has 0 bridgehead atoms. The van der Waals surface area contributed by atoms with E-state index < -0.39 is 17.2 Å². The maximum Gasteiger partial charge on any atom is 0.335 e. The molecule has 14 rings (SSSR count). The number of aromatic nitrogens is 4. The van der Waals surface area contributed by atoms with Crippen LogP contribution in [0, 0.1) is 17.4 Å². The minimum atomic E-state index is -0.991. The van der Waals surface area contributed by atoms with Gasteiger partial charge in [0.1, 0.15) is 32.7 Å². The molecule has 8 aliphatic rings. The molecule has 0 saturated heterocycles. The van der Waals surface area contributed by atoms with Crippen LogP contribution in [0.5, 0.6) is 0 Å². The molecule has 0 amide bonds. The molecule has 0 radical (unpaired) electrons. The number of hydrogen-bond donors (Lipinski definition) is 3. The van der Waals surface area contributed by atoms with Crippen LogP contribution in [0.25, 0.3) is 25.3 Å². The predicted octanol–water partition coefficient (Wildman–Crippen LogP) is 14.1. The second-order valence-electron chi connectivity index (χ2n) is 23.8. The van der Waals surface area contributed by atoms with Gasteiger partial charge in [-0.1, -0.05) is 16.4 Å². The molecule has 2 aromatic carbocycles. The van der Waals surface area contributed by atoms with Crippen molar-refractivity contribution in [2.45, 2.75) is 214 Å². The number of aromatic carboxylic acids is 1. The average molecular weight is 1030 g/mol. The quantitative estimate of drug-likeness (QED) is 0.0934. The Morgan fingerprint density at radius 1 is 0.589 bits per heavy atom. The second kappa shape index (κ2) is 18.9. The van der Waals surface area contributed by atoms with Crippen molar-refractivity contribution in [1.29, 1.82) is 0 Å². The summed E-state index contributed by atoms with van der Waals surface area (Å²) >= 11 is 2.91. The topological polar surface area (TPSA) is 178 Å². The molecule has 4 heterocycles. The fraction of sp³-hybridized carbons (Fsp3) is 0.621. The van der Waals surface area contributed by atoms with Crippen LogP contribution in [0.4, 0.5) is 5.69 Å². The monoisotopic (exact) mass is 1030 g/mol.